The van der Waals surface area contributed by atoms with Crippen LogP contribution in [0.5, 0.6) is 0 Å². The van der Waals surface area contributed by atoms with Crippen molar-refractivity contribution in [1.29, 1.82) is 0 Å². The molecule has 1 fully saturated rings. The van der Waals surface area contributed by atoms with Crippen LogP contribution in [0.25, 0.3) is 10.9 Å². The highest BCUT2D eigenvalue weighted by Gasteiger charge is 2.51. The van der Waals surface area contributed by atoms with E-state index in [2.05, 4.69) is 34.1 Å². The van der Waals surface area contributed by atoms with Crippen LogP contribution in [0.2, 0.25) is 0 Å². The molecule has 2 aliphatic heterocycles. The van der Waals surface area contributed by atoms with Crippen molar-refractivity contribution in [2.45, 2.75) is 25.3 Å². The minimum Gasteiger partial charge on any atom is -0.356 e. The number of amides is 1. The van der Waals surface area contributed by atoms with E-state index >= 15 is 0 Å². The number of fused-ring (bicyclic) bond motifs is 7. The molecule has 3 unspecified atom stereocenters. The molecule has 22 heavy (non-hydrogen) atoms. The Morgan fingerprint density at radius 3 is 3.05 bits per heavy atom. The lowest BCUT2D eigenvalue weighted by molar-refractivity contribution is -0.132. The Kier molecular flexibility index (Phi) is 2.55. The third-order valence-corrected chi connectivity index (χ3v) is 5.94. The number of benzene rings is 1. The number of carbonyl (C=O) groups excluding carboxylic acids is 1. The Morgan fingerprint density at radius 1 is 1.27 bits per heavy atom. The second-order valence-electron chi connectivity index (χ2n) is 6.65. The number of nitrogens with zero attached hydrogens (tertiary/aromatic N) is 1. The summed E-state index contributed by atoms with van der Waals surface area (Å²) >= 11 is 6.29. The zero-order valence-electron chi connectivity index (χ0n) is 12.2. The van der Waals surface area contributed by atoms with Crippen molar-refractivity contribution in [3.8, 4) is 0 Å². The minimum atomic E-state index is 0.116. The Morgan fingerprint density at radius 2 is 2.14 bits per heavy atom. The van der Waals surface area contributed by atoms with E-state index in [0.29, 0.717) is 11.8 Å². The third-order valence-electron chi connectivity index (χ3n) is 5.63. The van der Waals surface area contributed by atoms with Crippen LogP contribution in [0, 0.1) is 11.8 Å². The molecular weight excluding hydrogens is 296 g/mol. The maximum Gasteiger partial charge on any atom is 0.226 e. The van der Waals surface area contributed by atoms with E-state index in [4.69, 9.17) is 11.6 Å². The second-order valence-corrected chi connectivity index (χ2v) is 7.14. The number of halogens is 1. The zero-order chi connectivity index (χ0) is 14.8. The number of nitrogens with one attached hydrogen (secondary N) is 1. The van der Waals surface area contributed by atoms with Crippen molar-refractivity contribution < 1.29 is 4.79 Å². The van der Waals surface area contributed by atoms with E-state index in [1.807, 2.05) is 6.08 Å². The smallest absolute Gasteiger partial charge is 0.226 e. The van der Waals surface area contributed by atoms with Gasteiger partial charge in [-0.15, -0.1) is 0 Å². The number of allylic oxidation sites excluding steroid dienone is 2. The molecule has 1 aromatic carbocycles. The van der Waals surface area contributed by atoms with E-state index in [1.54, 1.807) is 0 Å². The average molecular weight is 313 g/mol. The number of para-hydroxylation sites is 1. The first kappa shape index (κ1) is 12.8. The fourth-order valence-corrected chi connectivity index (χ4v) is 4.94. The lowest BCUT2D eigenvalue weighted by Gasteiger charge is -2.33. The summed E-state index contributed by atoms with van der Waals surface area (Å²) in [5, 5.41) is 2.23. The summed E-state index contributed by atoms with van der Waals surface area (Å²) < 4.78 is 0. The predicted molar refractivity (Wildman–Crippen MR) is 86.6 cm³/mol. The molecule has 5 rings (SSSR count). The fourth-order valence-electron chi connectivity index (χ4n) is 4.67. The van der Waals surface area contributed by atoms with Crippen molar-refractivity contribution in [1.82, 2.24) is 9.88 Å². The lowest BCUT2D eigenvalue weighted by atomic mass is 9.79. The maximum atomic E-state index is 12.7. The summed E-state index contributed by atoms with van der Waals surface area (Å²) in [7, 11) is 0. The van der Waals surface area contributed by atoms with Crippen LogP contribution in [0.4, 0.5) is 0 Å². The van der Waals surface area contributed by atoms with Gasteiger partial charge >= 0.3 is 0 Å². The van der Waals surface area contributed by atoms with E-state index < -0.39 is 0 Å². The van der Waals surface area contributed by atoms with Crippen LogP contribution in [0.15, 0.2) is 35.4 Å². The molecule has 1 aliphatic carbocycles. The second kappa shape index (κ2) is 4.39. The Bertz CT molecular complexity index is 822. The van der Waals surface area contributed by atoms with Crippen LogP contribution in [0.1, 0.15) is 30.1 Å². The van der Waals surface area contributed by atoms with Gasteiger partial charge in [-0.05, 0) is 30.9 Å². The van der Waals surface area contributed by atoms with Crippen LogP contribution in [-0.4, -0.2) is 22.3 Å². The molecule has 3 aliphatic rings. The SMILES string of the molecule is O=C1C2CC=C(Cl)CC2C2c3[nH]c4ccccc4c3CCN12. The van der Waals surface area contributed by atoms with Crippen LogP contribution >= 0.6 is 11.6 Å². The first-order valence-corrected chi connectivity index (χ1v) is 8.36. The third kappa shape index (κ3) is 1.55. The summed E-state index contributed by atoms with van der Waals surface area (Å²) in [6, 6.07) is 8.63. The molecule has 1 aromatic heterocycles. The molecule has 1 N–H and O–H groups in total. The van der Waals surface area contributed by atoms with Gasteiger partial charge < -0.3 is 9.88 Å². The molecular formula is C18H17ClN2O. The maximum absolute atomic E-state index is 12.7. The van der Waals surface area contributed by atoms with E-state index in [-0.39, 0.29) is 12.0 Å². The molecule has 3 atom stereocenters. The molecule has 1 saturated heterocycles. The highest BCUT2D eigenvalue weighted by molar-refractivity contribution is 6.29. The van der Waals surface area contributed by atoms with Gasteiger partial charge in [0.2, 0.25) is 5.91 Å². The van der Waals surface area contributed by atoms with Crippen LogP contribution in [0.3, 0.4) is 0 Å². The topological polar surface area (TPSA) is 36.1 Å². The quantitative estimate of drug-likeness (QED) is 0.790. The van der Waals surface area contributed by atoms with Gasteiger partial charge in [0.15, 0.2) is 0 Å². The molecule has 0 spiro atoms. The van der Waals surface area contributed by atoms with Gasteiger partial charge in [0.05, 0.1) is 6.04 Å². The summed E-state index contributed by atoms with van der Waals surface area (Å²) in [6.45, 7) is 0.836. The highest BCUT2D eigenvalue weighted by Crippen LogP contribution is 2.51. The normalized spacial score (nSPS) is 30.0. The summed E-state index contributed by atoms with van der Waals surface area (Å²) in [5.41, 5.74) is 3.83. The largest absolute Gasteiger partial charge is 0.356 e. The number of rotatable bonds is 0. The molecule has 2 aromatic rings. The number of hydrogen-bond acceptors (Lipinski definition) is 1. The van der Waals surface area contributed by atoms with Gasteiger partial charge in [-0.3, -0.25) is 4.79 Å². The summed E-state index contributed by atoms with van der Waals surface area (Å²) in [4.78, 5) is 18.4. The standard InChI is InChI=1S/C18H17ClN2O/c19-10-5-6-13-14(9-10)17-16-12(7-8-21(17)18(13)22)11-3-1-2-4-15(11)20-16/h1-5,13-14,17,20H,6-9H2. The van der Waals surface area contributed by atoms with Gasteiger partial charge in [-0.1, -0.05) is 35.9 Å². The van der Waals surface area contributed by atoms with Gasteiger partial charge in [0.1, 0.15) is 0 Å². The molecule has 0 saturated carbocycles. The Hall–Kier alpha value is -1.74. The van der Waals surface area contributed by atoms with Crippen molar-refractivity contribution in [3.05, 3.63) is 46.6 Å². The van der Waals surface area contributed by atoms with Gasteiger partial charge in [0, 0.05) is 40.0 Å². The number of H-pyrrole nitrogens is 1. The molecule has 3 heterocycles. The first-order valence-electron chi connectivity index (χ1n) is 7.98. The van der Waals surface area contributed by atoms with Crippen LogP contribution in [-0.2, 0) is 11.2 Å². The first-order chi connectivity index (χ1) is 10.7. The average Bonchev–Trinajstić information content (AvgIpc) is 3.03. The fraction of sp³-hybridized carbons (Fsp3) is 0.389. The Balaban J connectivity index is 1.69. The number of carbonyl (C=O) groups is 1. The summed E-state index contributed by atoms with van der Waals surface area (Å²) in [5.74, 6) is 0.752. The van der Waals surface area contributed by atoms with E-state index in [9.17, 15) is 4.79 Å². The zero-order valence-corrected chi connectivity index (χ0v) is 12.9. The Labute approximate surface area is 133 Å². The lowest BCUT2D eigenvalue weighted by Crippen LogP contribution is -2.35. The monoisotopic (exact) mass is 312 g/mol. The molecule has 1 amide bonds. The number of aromatic amines is 1. The van der Waals surface area contributed by atoms with Gasteiger partial charge in [0.25, 0.3) is 0 Å². The molecule has 3 nitrogen and oxygen atoms in total. The van der Waals surface area contributed by atoms with Crippen molar-refractivity contribution in [2.24, 2.45) is 11.8 Å². The van der Waals surface area contributed by atoms with Crippen LogP contribution < -0.4 is 0 Å². The van der Waals surface area contributed by atoms with Crippen molar-refractivity contribution >= 4 is 28.4 Å². The number of hydrogen-bond donors (Lipinski definition) is 1. The van der Waals surface area contributed by atoms with Crippen molar-refractivity contribution in [2.75, 3.05) is 6.54 Å². The van der Waals surface area contributed by atoms with Gasteiger partial charge in [-0.25, -0.2) is 0 Å². The van der Waals surface area contributed by atoms with E-state index in [0.717, 1.165) is 30.8 Å². The number of aromatic nitrogens is 1. The minimum absolute atomic E-state index is 0.116. The molecule has 0 radical (unpaired) electrons. The molecule has 0 bridgehead atoms. The molecule has 112 valence electrons. The predicted octanol–water partition coefficient (Wildman–Crippen LogP) is 3.76. The van der Waals surface area contributed by atoms with Gasteiger partial charge in [-0.2, -0.15) is 0 Å². The highest BCUT2D eigenvalue weighted by atomic mass is 35.5. The van der Waals surface area contributed by atoms with E-state index in [1.165, 1.54) is 22.2 Å². The van der Waals surface area contributed by atoms with Crippen molar-refractivity contribution in [3.63, 3.8) is 0 Å². The molecule has 4 heteroatoms. The summed E-state index contributed by atoms with van der Waals surface area (Å²) in [6.07, 6.45) is 4.60.